The fourth-order valence-electron chi connectivity index (χ4n) is 5.81. The third-order valence-electron chi connectivity index (χ3n) is 8.24. The summed E-state index contributed by atoms with van der Waals surface area (Å²) in [5, 5.41) is 4.01. The molecule has 0 radical (unpaired) electrons. The SMILES string of the molecule is CCOCc1cc(CC2(C)C(=O)N(C)c3cc(F)ccc32)ccc1-c1ccccc1S(=O)(=O)N(COC)c1noc(C)c1C. The summed E-state index contributed by atoms with van der Waals surface area (Å²) < 4.78 is 59.9. The number of halogens is 1. The van der Waals surface area contributed by atoms with Crippen molar-refractivity contribution in [3.8, 4) is 11.1 Å². The summed E-state index contributed by atoms with van der Waals surface area (Å²) in [6.07, 6.45) is 0.362. The van der Waals surface area contributed by atoms with Gasteiger partial charge in [0.15, 0.2) is 5.82 Å². The van der Waals surface area contributed by atoms with Crippen molar-refractivity contribution in [2.45, 2.75) is 51.0 Å². The molecule has 1 amide bonds. The van der Waals surface area contributed by atoms with Gasteiger partial charge in [0.1, 0.15) is 18.3 Å². The van der Waals surface area contributed by atoms with Gasteiger partial charge in [0.05, 0.1) is 22.6 Å². The maximum absolute atomic E-state index is 14.2. The number of ether oxygens (including phenoxy) is 2. The fraction of sp³-hybridized carbons (Fsp3) is 0.333. The van der Waals surface area contributed by atoms with E-state index >= 15 is 0 Å². The van der Waals surface area contributed by atoms with Gasteiger partial charge in [-0.05, 0) is 74.6 Å². The number of carbonyl (C=O) groups excluding carboxylic acids is 1. The van der Waals surface area contributed by atoms with Gasteiger partial charge < -0.3 is 18.9 Å². The Bertz CT molecular complexity index is 1820. The Morgan fingerprint density at radius 3 is 2.50 bits per heavy atom. The average Bonchev–Trinajstić information content (AvgIpc) is 3.42. The van der Waals surface area contributed by atoms with Gasteiger partial charge in [-0.1, -0.05) is 47.6 Å². The summed E-state index contributed by atoms with van der Waals surface area (Å²) in [4.78, 5) is 15.0. The van der Waals surface area contributed by atoms with E-state index in [0.717, 1.165) is 21.0 Å². The molecule has 232 valence electrons. The van der Waals surface area contributed by atoms with Crippen LogP contribution >= 0.6 is 0 Å². The number of carbonyl (C=O) groups is 1. The van der Waals surface area contributed by atoms with Gasteiger partial charge in [-0.15, -0.1) is 0 Å². The van der Waals surface area contributed by atoms with Gasteiger partial charge in [-0.2, -0.15) is 0 Å². The van der Waals surface area contributed by atoms with E-state index in [1.165, 1.54) is 24.1 Å². The number of amides is 1. The van der Waals surface area contributed by atoms with Gasteiger partial charge in [0, 0.05) is 31.9 Å². The monoisotopic (exact) mass is 621 g/mol. The number of aryl methyl sites for hydroxylation is 1. The molecule has 5 rings (SSSR count). The molecule has 1 aliphatic rings. The molecule has 0 spiro atoms. The van der Waals surface area contributed by atoms with Crippen molar-refractivity contribution >= 4 is 27.4 Å². The molecule has 2 heterocycles. The molecule has 0 aliphatic carbocycles. The Balaban J connectivity index is 1.59. The quantitative estimate of drug-likeness (QED) is 0.192. The Kier molecular flexibility index (Phi) is 8.66. The summed E-state index contributed by atoms with van der Waals surface area (Å²) in [5.41, 5.74) is 3.79. The van der Waals surface area contributed by atoms with Crippen LogP contribution in [0.5, 0.6) is 0 Å². The van der Waals surface area contributed by atoms with Crippen molar-refractivity contribution in [2.75, 3.05) is 36.7 Å². The Labute approximate surface area is 257 Å². The third-order valence-corrected chi connectivity index (χ3v) is 10.0. The highest BCUT2D eigenvalue weighted by atomic mass is 32.2. The van der Waals surface area contributed by atoms with Gasteiger partial charge in [-0.25, -0.2) is 17.1 Å². The van der Waals surface area contributed by atoms with E-state index in [1.807, 2.05) is 32.0 Å². The van der Waals surface area contributed by atoms with Crippen LogP contribution in [0.2, 0.25) is 0 Å². The summed E-state index contributed by atoms with van der Waals surface area (Å²) in [6, 6.07) is 16.9. The number of anilines is 2. The van der Waals surface area contributed by atoms with Crippen LogP contribution < -0.4 is 9.21 Å². The first-order valence-corrected chi connectivity index (χ1v) is 15.7. The molecule has 3 aromatic carbocycles. The molecule has 1 aliphatic heterocycles. The Morgan fingerprint density at radius 2 is 1.82 bits per heavy atom. The fourth-order valence-corrected chi connectivity index (χ4v) is 7.39. The number of nitrogens with zero attached hydrogens (tertiary/aromatic N) is 3. The van der Waals surface area contributed by atoms with Crippen LogP contribution in [0.15, 0.2) is 70.1 Å². The standard InChI is InChI=1S/C33H36FN3O6S/c1-7-42-19-24-16-23(18-33(4)28-15-13-25(34)17-29(28)36(5)32(33)38)12-14-26(24)27-10-8-9-11-30(27)44(39,40)37(20-41-6)31-21(2)22(3)43-35-31/h8-17H,7,18-20H2,1-6H3. The minimum Gasteiger partial charge on any atom is -0.377 e. The summed E-state index contributed by atoms with van der Waals surface area (Å²) in [6.45, 7) is 7.63. The first-order chi connectivity index (χ1) is 20.9. The van der Waals surface area contributed by atoms with E-state index in [9.17, 15) is 17.6 Å². The highest BCUT2D eigenvalue weighted by Crippen LogP contribution is 2.44. The van der Waals surface area contributed by atoms with Crippen LogP contribution in [-0.2, 0) is 42.7 Å². The molecule has 0 saturated carbocycles. The van der Waals surface area contributed by atoms with Crippen LogP contribution in [0.4, 0.5) is 15.9 Å². The molecular weight excluding hydrogens is 585 g/mol. The van der Waals surface area contributed by atoms with Crippen LogP contribution in [0, 0.1) is 19.7 Å². The van der Waals surface area contributed by atoms with Crippen LogP contribution in [-0.4, -0.2) is 47.0 Å². The largest absolute Gasteiger partial charge is 0.377 e. The van der Waals surface area contributed by atoms with Gasteiger partial charge in [-0.3, -0.25) is 4.79 Å². The van der Waals surface area contributed by atoms with Crippen molar-refractivity contribution in [1.29, 1.82) is 0 Å². The number of hydrogen-bond donors (Lipinski definition) is 0. The number of methoxy groups -OCH3 is 1. The molecule has 1 unspecified atom stereocenters. The molecule has 9 nitrogen and oxygen atoms in total. The Hall–Kier alpha value is -4.06. The molecule has 1 aromatic heterocycles. The number of fused-ring (bicyclic) bond motifs is 1. The topological polar surface area (TPSA) is 102 Å². The smallest absolute Gasteiger partial charge is 0.268 e. The predicted octanol–water partition coefficient (Wildman–Crippen LogP) is 5.91. The second-order valence-electron chi connectivity index (χ2n) is 11.1. The van der Waals surface area contributed by atoms with E-state index in [-0.39, 0.29) is 30.0 Å². The Morgan fingerprint density at radius 1 is 1.07 bits per heavy atom. The summed E-state index contributed by atoms with van der Waals surface area (Å²) >= 11 is 0. The minimum atomic E-state index is -4.17. The van der Waals surface area contributed by atoms with Crippen molar-refractivity contribution in [3.63, 3.8) is 0 Å². The molecular formula is C33H36FN3O6S. The molecule has 0 fully saturated rings. The van der Waals surface area contributed by atoms with Gasteiger partial charge in [0.2, 0.25) is 5.91 Å². The molecule has 0 saturated heterocycles. The first-order valence-electron chi connectivity index (χ1n) is 14.3. The van der Waals surface area contributed by atoms with Gasteiger partial charge >= 0.3 is 0 Å². The van der Waals surface area contributed by atoms with E-state index in [1.54, 1.807) is 51.2 Å². The van der Waals surface area contributed by atoms with Crippen molar-refractivity contribution < 1.29 is 31.6 Å². The molecule has 0 N–H and O–H groups in total. The van der Waals surface area contributed by atoms with Crippen molar-refractivity contribution in [3.05, 3.63) is 94.5 Å². The second-order valence-corrected chi connectivity index (χ2v) is 12.9. The average molecular weight is 622 g/mol. The lowest BCUT2D eigenvalue weighted by atomic mass is 9.78. The lowest BCUT2D eigenvalue weighted by Crippen LogP contribution is -2.37. The molecule has 1 atom stereocenters. The second kappa shape index (κ2) is 12.1. The number of rotatable bonds is 11. The molecule has 44 heavy (non-hydrogen) atoms. The zero-order valence-electron chi connectivity index (χ0n) is 25.7. The van der Waals surface area contributed by atoms with E-state index < -0.39 is 21.3 Å². The molecule has 11 heteroatoms. The first kappa shape index (κ1) is 31.4. The number of hydrogen-bond acceptors (Lipinski definition) is 7. The van der Waals surface area contributed by atoms with Crippen LogP contribution in [0.3, 0.4) is 0 Å². The van der Waals surface area contributed by atoms with Crippen molar-refractivity contribution in [1.82, 2.24) is 5.16 Å². The number of benzene rings is 3. The predicted molar refractivity (Wildman–Crippen MR) is 166 cm³/mol. The van der Waals surface area contributed by atoms with Crippen LogP contribution in [0.1, 0.15) is 41.9 Å². The zero-order valence-corrected chi connectivity index (χ0v) is 26.5. The number of likely N-dealkylation sites (N-methyl/N-ethyl adjacent to an activating group) is 1. The number of aromatic nitrogens is 1. The highest BCUT2D eigenvalue weighted by molar-refractivity contribution is 7.93. The zero-order chi connectivity index (χ0) is 31.8. The molecule has 4 aromatic rings. The summed E-state index contributed by atoms with van der Waals surface area (Å²) in [5.74, 6) is 0.139. The highest BCUT2D eigenvalue weighted by Gasteiger charge is 2.46. The van der Waals surface area contributed by atoms with Crippen LogP contribution in [0.25, 0.3) is 11.1 Å². The van der Waals surface area contributed by atoms with E-state index in [0.29, 0.717) is 41.2 Å². The summed E-state index contributed by atoms with van der Waals surface area (Å²) in [7, 11) is -1.10. The van der Waals surface area contributed by atoms with Crippen molar-refractivity contribution in [2.24, 2.45) is 0 Å². The normalized spacial score (nSPS) is 16.4. The minimum absolute atomic E-state index is 0.0677. The molecule has 0 bridgehead atoms. The number of sulfonamides is 1. The lowest BCUT2D eigenvalue weighted by Gasteiger charge is -2.25. The lowest BCUT2D eigenvalue weighted by molar-refractivity contribution is -0.122. The van der Waals surface area contributed by atoms with E-state index in [2.05, 4.69) is 5.16 Å². The maximum atomic E-state index is 14.2. The van der Waals surface area contributed by atoms with E-state index in [4.69, 9.17) is 14.0 Å². The van der Waals surface area contributed by atoms with Gasteiger partial charge in [0.25, 0.3) is 10.0 Å². The third kappa shape index (κ3) is 5.40. The maximum Gasteiger partial charge on any atom is 0.268 e.